The maximum atomic E-state index is 4.51. The highest BCUT2D eigenvalue weighted by Crippen LogP contribution is 2.31. The fourth-order valence-electron chi connectivity index (χ4n) is 2.99. The molecule has 0 saturated heterocycles. The van der Waals surface area contributed by atoms with Crippen LogP contribution in [0.4, 0.5) is 0 Å². The van der Waals surface area contributed by atoms with Gasteiger partial charge in [0.15, 0.2) is 0 Å². The molecule has 0 aliphatic carbocycles. The normalized spacial score (nSPS) is 11.3. The lowest BCUT2D eigenvalue weighted by Gasteiger charge is -2.02. The molecule has 5 aromatic rings. The second-order valence-corrected chi connectivity index (χ2v) is 5.63. The molecule has 0 aliphatic heterocycles. The van der Waals surface area contributed by atoms with Crippen molar-refractivity contribution in [3.63, 3.8) is 0 Å². The average Bonchev–Trinajstić information content (AvgIpc) is 3.30. The molecule has 2 heterocycles. The van der Waals surface area contributed by atoms with Crippen molar-refractivity contribution in [1.82, 2.24) is 30.8 Å². The van der Waals surface area contributed by atoms with Gasteiger partial charge >= 0.3 is 0 Å². The predicted octanol–water partition coefficient (Wildman–Crippen LogP) is 3.56. The van der Waals surface area contributed by atoms with Crippen LogP contribution < -0.4 is 0 Å². The zero-order valence-corrected chi connectivity index (χ0v) is 12.6. The van der Waals surface area contributed by atoms with Crippen LogP contribution in [0, 0.1) is 0 Å². The molecular weight excluding hydrogens is 300 g/mol. The molecule has 114 valence electrons. The van der Waals surface area contributed by atoms with E-state index in [4.69, 9.17) is 0 Å². The molecule has 0 spiro atoms. The smallest absolute Gasteiger partial charge is 0.204 e. The van der Waals surface area contributed by atoms with E-state index in [0.717, 1.165) is 27.7 Å². The maximum absolute atomic E-state index is 4.51. The van der Waals surface area contributed by atoms with Crippen LogP contribution in [0.2, 0.25) is 0 Å². The van der Waals surface area contributed by atoms with E-state index in [1.807, 2.05) is 30.3 Å². The molecule has 24 heavy (non-hydrogen) atoms. The zero-order valence-electron chi connectivity index (χ0n) is 12.6. The molecule has 6 heteroatoms. The summed E-state index contributed by atoms with van der Waals surface area (Å²) in [6, 6.07) is 20.7. The van der Waals surface area contributed by atoms with Crippen molar-refractivity contribution in [2.24, 2.45) is 0 Å². The molecule has 0 bridgehead atoms. The molecule has 0 unspecified atom stereocenters. The number of tetrazole rings is 1. The molecule has 3 aromatic carbocycles. The maximum Gasteiger partial charge on any atom is 0.204 e. The van der Waals surface area contributed by atoms with Gasteiger partial charge in [0.2, 0.25) is 5.82 Å². The number of H-pyrrole nitrogens is 2. The largest absolute Gasteiger partial charge is 0.277 e. The third-order valence-electron chi connectivity index (χ3n) is 4.19. The molecule has 0 saturated carbocycles. The van der Waals surface area contributed by atoms with E-state index in [1.54, 1.807) is 0 Å². The molecule has 0 atom stereocenters. The van der Waals surface area contributed by atoms with Crippen molar-refractivity contribution >= 4 is 21.7 Å². The van der Waals surface area contributed by atoms with Crippen LogP contribution in [0.15, 0.2) is 60.7 Å². The van der Waals surface area contributed by atoms with Crippen LogP contribution >= 0.6 is 0 Å². The van der Waals surface area contributed by atoms with E-state index in [9.17, 15) is 0 Å². The van der Waals surface area contributed by atoms with Crippen molar-refractivity contribution in [1.29, 1.82) is 0 Å². The minimum absolute atomic E-state index is 0.572. The van der Waals surface area contributed by atoms with Crippen LogP contribution in [0.1, 0.15) is 0 Å². The number of nitrogens with zero attached hydrogens (tertiary/aromatic N) is 4. The average molecular weight is 312 g/mol. The Hall–Kier alpha value is -3.54. The second-order valence-electron chi connectivity index (χ2n) is 5.63. The summed E-state index contributed by atoms with van der Waals surface area (Å²) in [6.07, 6.45) is 0. The Morgan fingerprint density at radius 2 is 1.62 bits per heavy atom. The van der Waals surface area contributed by atoms with E-state index < -0.39 is 0 Å². The highest BCUT2D eigenvalue weighted by atomic mass is 15.5. The van der Waals surface area contributed by atoms with Gasteiger partial charge in [-0.1, -0.05) is 36.4 Å². The molecule has 5 rings (SSSR count). The third-order valence-corrected chi connectivity index (χ3v) is 4.19. The minimum Gasteiger partial charge on any atom is -0.277 e. The summed E-state index contributed by atoms with van der Waals surface area (Å²) in [6.45, 7) is 0. The summed E-state index contributed by atoms with van der Waals surface area (Å²) in [7, 11) is 0. The summed E-state index contributed by atoms with van der Waals surface area (Å²) >= 11 is 0. The standard InChI is InChI=1S/C18H12N6/c1-2-4-12-9-13(6-5-11(12)3-1)17-15-10-14(18-21-23-24-22-18)7-8-16(15)19-20-17/h1-10H,(H,19,20)(H,21,22,23,24). The highest BCUT2D eigenvalue weighted by Gasteiger charge is 2.11. The summed E-state index contributed by atoms with van der Waals surface area (Å²) in [5.41, 5.74) is 3.87. The van der Waals surface area contributed by atoms with Crippen molar-refractivity contribution in [3.05, 3.63) is 60.7 Å². The van der Waals surface area contributed by atoms with Crippen molar-refractivity contribution in [3.8, 4) is 22.6 Å². The summed E-state index contributed by atoms with van der Waals surface area (Å²) in [5, 5.41) is 25.2. The van der Waals surface area contributed by atoms with E-state index in [0.29, 0.717) is 5.82 Å². The Morgan fingerprint density at radius 3 is 2.50 bits per heavy atom. The van der Waals surface area contributed by atoms with Crippen LogP contribution in [-0.4, -0.2) is 30.8 Å². The van der Waals surface area contributed by atoms with E-state index in [-0.39, 0.29) is 0 Å². The number of hydrogen-bond donors (Lipinski definition) is 2. The van der Waals surface area contributed by atoms with E-state index >= 15 is 0 Å². The molecular formula is C18H12N6. The first-order valence-corrected chi connectivity index (χ1v) is 7.60. The molecule has 0 fully saturated rings. The summed E-state index contributed by atoms with van der Waals surface area (Å²) in [4.78, 5) is 0. The number of nitrogens with one attached hydrogen (secondary N) is 2. The Bertz CT molecular complexity index is 1160. The van der Waals surface area contributed by atoms with E-state index in [1.165, 1.54) is 10.8 Å². The molecule has 0 aliphatic rings. The first kappa shape index (κ1) is 13.0. The summed E-state index contributed by atoms with van der Waals surface area (Å²) < 4.78 is 0. The van der Waals surface area contributed by atoms with Gasteiger partial charge in [0.1, 0.15) is 0 Å². The Labute approximate surface area is 136 Å². The lowest BCUT2D eigenvalue weighted by Crippen LogP contribution is -1.83. The van der Waals surface area contributed by atoms with Gasteiger partial charge in [0, 0.05) is 16.5 Å². The van der Waals surface area contributed by atoms with Gasteiger partial charge in [0.25, 0.3) is 0 Å². The Morgan fingerprint density at radius 1 is 0.750 bits per heavy atom. The molecule has 2 aromatic heterocycles. The number of aromatic nitrogens is 6. The Kier molecular flexibility index (Phi) is 2.69. The molecule has 6 nitrogen and oxygen atoms in total. The van der Waals surface area contributed by atoms with Crippen molar-refractivity contribution in [2.75, 3.05) is 0 Å². The zero-order chi connectivity index (χ0) is 15.9. The molecule has 0 radical (unpaired) electrons. The second kappa shape index (κ2) is 4.99. The van der Waals surface area contributed by atoms with Gasteiger partial charge in [-0.3, -0.25) is 5.10 Å². The first-order valence-electron chi connectivity index (χ1n) is 7.60. The van der Waals surface area contributed by atoms with Crippen molar-refractivity contribution < 1.29 is 0 Å². The van der Waals surface area contributed by atoms with Crippen LogP contribution in [0.3, 0.4) is 0 Å². The van der Waals surface area contributed by atoms with Crippen LogP contribution in [-0.2, 0) is 0 Å². The SMILES string of the molecule is c1ccc2cc(-c3n[nH]c4ccc(-c5nn[nH]n5)cc34)ccc2c1. The van der Waals surface area contributed by atoms with Gasteiger partial charge < -0.3 is 0 Å². The van der Waals surface area contributed by atoms with Crippen LogP contribution in [0.5, 0.6) is 0 Å². The third kappa shape index (κ3) is 1.97. The lowest BCUT2D eigenvalue weighted by atomic mass is 10.0. The predicted molar refractivity (Wildman–Crippen MR) is 92.2 cm³/mol. The van der Waals surface area contributed by atoms with Gasteiger partial charge in [-0.05, 0) is 40.3 Å². The fourth-order valence-corrected chi connectivity index (χ4v) is 2.99. The highest BCUT2D eigenvalue weighted by molar-refractivity contribution is 5.97. The lowest BCUT2D eigenvalue weighted by molar-refractivity contribution is 0.881. The Balaban J connectivity index is 1.71. The van der Waals surface area contributed by atoms with Gasteiger partial charge in [-0.2, -0.15) is 10.3 Å². The fraction of sp³-hybridized carbons (Fsp3) is 0. The number of hydrogen-bond acceptors (Lipinski definition) is 4. The van der Waals surface area contributed by atoms with Crippen molar-refractivity contribution in [2.45, 2.75) is 0 Å². The molecule has 0 amide bonds. The number of rotatable bonds is 2. The number of aromatic amines is 2. The van der Waals surface area contributed by atoms with Gasteiger partial charge in [-0.25, -0.2) is 0 Å². The quantitative estimate of drug-likeness (QED) is 0.522. The van der Waals surface area contributed by atoms with Crippen LogP contribution in [0.25, 0.3) is 44.3 Å². The number of fused-ring (bicyclic) bond motifs is 2. The van der Waals surface area contributed by atoms with Gasteiger partial charge in [-0.15, -0.1) is 10.2 Å². The van der Waals surface area contributed by atoms with Gasteiger partial charge in [0.05, 0.1) is 11.2 Å². The number of benzene rings is 3. The van der Waals surface area contributed by atoms with E-state index in [2.05, 4.69) is 61.2 Å². The monoisotopic (exact) mass is 312 g/mol. The summed E-state index contributed by atoms with van der Waals surface area (Å²) in [5.74, 6) is 0.572. The first-order chi connectivity index (χ1) is 11.9. The minimum atomic E-state index is 0.572. The molecule has 2 N–H and O–H groups in total. The topological polar surface area (TPSA) is 83.1 Å².